The number of nitrogens with zero attached hydrogens (tertiary/aromatic N) is 2. The zero-order valence-corrected chi connectivity index (χ0v) is 22.2. The first-order chi connectivity index (χ1) is 19.8. The highest BCUT2D eigenvalue weighted by atomic mass is 32.1. The van der Waals surface area contributed by atoms with E-state index in [4.69, 9.17) is 4.99 Å². The number of rotatable bonds is 1. The molecule has 8 aromatic rings. The third-order valence-electron chi connectivity index (χ3n) is 8.70. The van der Waals surface area contributed by atoms with Gasteiger partial charge < -0.3 is 5.32 Å². The van der Waals surface area contributed by atoms with Crippen molar-refractivity contribution in [2.24, 2.45) is 4.99 Å². The third-order valence-corrected chi connectivity index (χ3v) is 9.83. The summed E-state index contributed by atoms with van der Waals surface area (Å²) in [5, 5.41) is 12.8. The SMILES string of the molecule is C1=CC2=Nc3c(n4c5cc6sc7ccc(-c8ccc9ccccc9c8)cc7c6cc5c5cccc3c54)NC2C=C1. The number of hydrogen-bond acceptors (Lipinski definition) is 3. The number of allylic oxidation sites excluding steroid dienone is 2. The quantitative estimate of drug-likeness (QED) is 0.226. The normalized spacial score (nSPS) is 16.4. The van der Waals surface area contributed by atoms with E-state index in [-0.39, 0.29) is 6.04 Å². The second-order valence-corrected chi connectivity index (χ2v) is 12.0. The second kappa shape index (κ2) is 7.38. The molecule has 5 aromatic carbocycles. The van der Waals surface area contributed by atoms with Gasteiger partial charge in [0, 0.05) is 36.3 Å². The van der Waals surface area contributed by atoms with Crippen LogP contribution in [-0.4, -0.2) is 16.2 Å². The summed E-state index contributed by atoms with van der Waals surface area (Å²) >= 11 is 1.88. The summed E-state index contributed by atoms with van der Waals surface area (Å²) in [6, 6.07) is 33.8. The van der Waals surface area contributed by atoms with Crippen molar-refractivity contribution in [2.45, 2.75) is 6.04 Å². The number of anilines is 1. The van der Waals surface area contributed by atoms with Crippen LogP contribution < -0.4 is 5.32 Å². The maximum absolute atomic E-state index is 5.12. The van der Waals surface area contributed by atoms with Crippen molar-refractivity contribution in [1.29, 1.82) is 0 Å². The molecule has 40 heavy (non-hydrogen) atoms. The zero-order chi connectivity index (χ0) is 25.9. The predicted molar refractivity (Wildman–Crippen MR) is 172 cm³/mol. The summed E-state index contributed by atoms with van der Waals surface area (Å²) in [5.74, 6) is 1.09. The summed E-state index contributed by atoms with van der Waals surface area (Å²) in [5.41, 5.74) is 7.12. The summed E-state index contributed by atoms with van der Waals surface area (Å²) in [6.45, 7) is 0. The lowest BCUT2D eigenvalue weighted by Gasteiger charge is -2.23. The van der Waals surface area contributed by atoms with Crippen molar-refractivity contribution in [3.05, 3.63) is 115 Å². The van der Waals surface area contributed by atoms with Crippen molar-refractivity contribution in [3.63, 3.8) is 0 Å². The number of benzene rings is 5. The number of thiophene rings is 1. The van der Waals surface area contributed by atoms with Crippen LogP contribution >= 0.6 is 11.3 Å². The van der Waals surface area contributed by atoms with Gasteiger partial charge in [-0.2, -0.15) is 0 Å². The highest BCUT2D eigenvalue weighted by molar-refractivity contribution is 7.25. The molecule has 4 heteroatoms. The Morgan fingerprint density at radius 2 is 1.52 bits per heavy atom. The predicted octanol–water partition coefficient (Wildman–Crippen LogP) is 9.86. The number of nitrogens with one attached hydrogen (secondary N) is 1. The lowest BCUT2D eigenvalue weighted by Crippen LogP contribution is -2.30. The van der Waals surface area contributed by atoms with Gasteiger partial charge in [0.05, 0.1) is 22.8 Å². The molecular formula is C36H21N3S. The van der Waals surface area contributed by atoms with Crippen molar-refractivity contribution in [3.8, 4) is 11.1 Å². The van der Waals surface area contributed by atoms with Crippen molar-refractivity contribution >= 4 is 86.7 Å². The van der Waals surface area contributed by atoms with Crippen molar-refractivity contribution in [1.82, 2.24) is 4.40 Å². The molecule has 1 unspecified atom stereocenters. The average molecular weight is 528 g/mol. The molecule has 1 atom stereocenters. The van der Waals surface area contributed by atoms with Crippen LogP contribution in [-0.2, 0) is 0 Å². The largest absolute Gasteiger partial charge is 0.357 e. The average Bonchev–Trinajstić information content (AvgIpc) is 3.64. The van der Waals surface area contributed by atoms with E-state index in [2.05, 4.69) is 125 Å². The zero-order valence-electron chi connectivity index (χ0n) is 21.3. The highest BCUT2D eigenvalue weighted by Crippen LogP contribution is 2.48. The first kappa shape index (κ1) is 21.0. The van der Waals surface area contributed by atoms with Gasteiger partial charge in [-0.25, -0.2) is 4.99 Å². The molecule has 1 aliphatic heterocycles. The van der Waals surface area contributed by atoms with E-state index in [0.717, 1.165) is 17.2 Å². The molecule has 186 valence electrons. The van der Waals surface area contributed by atoms with Gasteiger partial charge in [-0.05, 0) is 58.3 Å². The monoisotopic (exact) mass is 527 g/mol. The van der Waals surface area contributed by atoms with Gasteiger partial charge in [-0.15, -0.1) is 11.3 Å². The molecule has 0 fully saturated rings. The van der Waals surface area contributed by atoms with Crippen LogP contribution in [0.2, 0.25) is 0 Å². The van der Waals surface area contributed by atoms with Gasteiger partial charge in [0.1, 0.15) is 11.5 Å². The van der Waals surface area contributed by atoms with E-state index >= 15 is 0 Å². The molecule has 0 bridgehead atoms. The van der Waals surface area contributed by atoms with Crippen molar-refractivity contribution in [2.75, 3.05) is 5.32 Å². The van der Waals surface area contributed by atoms with Gasteiger partial charge in [0.2, 0.25) is 0 Å². The Hall–Kier alpha value is -4.93. The summed E-state index contributed by atoms with van der Waals surface area (Å²) < 4.78 is 5.04. The van der Waals surface area contributed by atoms with Crippen LogP contribution in [0.1, 0.15) is 0 Å². The summed E-state index contributed by atoms with van der Waals surface area (Å²) in [4.78, 5) is 5.12. The van der Waals surface area contributed by atoms with Gasteiger partial charge in [-0.1, -0.05) is 78.9 Å². The number of para-hydroxylation sites is 1. The topological polar surface area (TPSA) is 28.8 Å². The van der Waals surface area contributed by atoms with Crippen LogP contribution in [0.4, 0.5) is 11.5 Å². The lowest BCUT2D eigenvalue weighted by atomic mass is 9.99. The van der Waals surface area contributed by atoms with Crippen LogP contribution in [0, 0.1) is 0 Å². The molecule has 0 spiro atoms. The van der Waals surface area contributed by atoms with Crippen LogP contribution in [0.3, 0.4) is 0 Å². The lowest BCUT2D eigenvalue weighted by molar-refractivity contribution is 1.09. The molecular weight excluding hydrogens is 506 g/mol. The Balaban J connectivity index is 1.23. The number of hydrogen-bond donors (Lipinski definition) is 1. The van der Waals surface area contributed by atoms with Crippen molar-refractivity contribution < 1.29 is 0 Å². The molecule has 0 amide bonds. The molecule has 1 aliphatic carbocycles. The Labute approximate surface area is 233 Å². The van der Waals surface area contributed by atoms with E-state index in [1.807, 2.05) is 11.3 Å². The number of fused-ring (bicyclic) bond motifs is 11. The van der Waals surface area contributed by atoms with Gasteiger partial charge in [-0.3, -0.25) is 4.40 Å². The minimum Gasteiger partial charge on any atom is -0.357 e. The van der Waals surface area contributed by atoms with E-state index in [1.165, 1.54) is 69.3 Å². The third kappa shape index (κ3) is 2.66. The minimum atomic E-state index is 0.104. The van der Waals surface area contributed by atoms with Crippen LogP contribution in [0.15, 0.2) is 120 Å². The molecule has 1 N–H and O–H groups in total. The molecule has 3 nitrogen and oxygen atoms in total. The Morgan fingerprint density at radius 3 is 2.50 bits per heavy atom. The van der Waals surface area contributed by atoms with Crippen LogP contribution in [0.25, 0.3) is 69.3 Å². The first-order valence-electron chi connectivity index (χ1n) is 13.7. The summed E-state index contributed by atoms with van der Waals surface area (Å²) in [7, 11) is 0. The van der Waals surface area contributed by atoms with Gasteiger partial charge in [0.15, 0.2) is 0 Å². The second-order valence-electron chi connectivity index (χ2n) is 10.9. The highest BCUT2D eigenvalue weighted by Gasteiger charge is 2.28. The fourth-order valence-corrected chi connectivity index (χ4v) is 7.92. The molecule has 2 aliphatic rings. The molecule has 0 radical (unpaired) electrons. The first-order valence-corrected chi connectivity index (χ1v) is 14.5. The fourth-order valence-electron chi connectivity index (χ4n) is 6.82. The van der Waals surface area contributed by atoms with E-state index in [9.17, 15) is 0 Å². The fraction of sp³-hybridized carbons (Fsp3) is 0.0278. The van der Waals surface area contributed by atoms with E-state index < -0.39 is 0 Å². The Morgan fingerprint density at radius 1 is 0.675 bits per heavy atom. The summed E-state index contributed by atoms with van der Waals surface area (Å²) in [6.07, 6.45) is 8.46. The van der Waals surface area contributed by atoms with Crippen LogP contribution in [0.5, 0.6) is 0 Å². The smallest absolute Gasteiger partial charge is 0.138 e. The molecule has 0 saturated heterocycles. The minimum absolute atomic E-state index is 0.104. The standard InChI is InChI=1S/C36H21N3S/c1-2-7-21-16-22(13-12-20(21)6-1)23-14-15-32-27(17-23)28-18-26-24-8-5-9-25-34-36(38-30-11-4-3-10-29(30)37-34)39(35(24)25)31(26)19-33(28)40-32/h1-19,30,38H. The Bertz CT molecular complexity index is 2470. The molecule has 3 aromatic heterocycles. The maximum Gasteiger partial charge on any atom is 0.138 e. The van der Waals surface area contributed by atoms with E-state index in [1.54, 1.807) is 0 Å². The molecule has 10 rings (SSSR count). The maximum atomic E-state index is 5.12. The molecule has 4 heterocycles. The number of aliphatic imine (C=N–C) groups is 1. The Kier molecular flexibility index (Phi) is 3.87. The van der Waals surface area contributed by atoms with Gasteiger partial charge in [0.25, 0.3) is 0 Å². The van der Waals surface area contributed by atoms with Gasteiger partial charge >= 0.3 is 0 Å². The number of aromatic nitrogens is 1. The molecule has 0 saturated carbocycles. The van der Waals surface area contributed by atoms with E-state index in [0.29, 0.717) is 0 Å².